The molecule has 0 amide bonds. The fraction of sp³-hybridized carbons (Fsp3) is 0.818. The Morgan fingerprint density at radius 1 is 1.33 bits per heavy atom. The third-order valence-corrected chi connectivity index (χ3v) is 3.28. The van der Waals surface area contributed by atoms with Crippen LogP contribution in [0.3, 0.4) is 0 Å². The van der Waals surface area contributed by atoms with E-state index in [1.54, 1.807) is 5.57 Å². The van der Waals surface area contributed by atoms with Crippen molar-refractivity contribution in [1.82, 2.24) is 4.90 Å². The summed E-state index contributed by atoms with van der Waals surface area (Å²) in [6, 6.07) is 0. The summed E-state index contributed by atoms with van der Waals surface area (Å²) in [6.45, 7) is 10.4. The van der Waals surface area contributed by atoms with E-state index in [4.69, 9.17) is 0 Å². The fourth-order valence-corrected chi connectivity index (χ4v) is 2.12. The Morgan fingerprint density at radius 2 is 1.92 bits per heavy atom. The largest absolute Gasteiger partial charge is 0.378 e. The van der Waals surface area contributed by atoms with Crippen LogP contribution in [0.25, 0.3) is 0 Å². The normalized spacial score (nSPS) is 25.5. The van der Waals surface area contributed by atoms with Gasteiger partial charge in [-0.2, -0.15) is 0 Å². The molecule has 0 aromatic carbocycles. The summed E-state index contributed by atoms with van der Waals surface area (Å²) in [5.74, 6) is 1.62. The van der Waals surface area contributed by atoms with Gasteiger partial charge in [-0.1, -0.05) is 19.4 Å². The van der Waals surface area contributed by atoms with Gasteiger partial charge in [0, 0.05) is 19.3 Å². The fourth-order valence-electron chi connectivity index (χ4n) is 2.12. The molecule has 1 rings (SSSR count). The second kappa shape index (κ2) is 3.51. The zero-order valence-electron chi connectivity index (χ0n) is 9.02. The molecule has 1 aliphatic rings. The highest BCUT2D eigenvalue weighted by atomic mass is 15.1. The van der Waals surface area contributed by atoms with Crippen LogP contribution in [0.15, 0.2) is 11.3 Å². The quantitative estimate of drug-likeness (QED) is 0.580. The maximum absolute atomic E-state index is 2.37. The van der Waals surface area contributed by atoms with E-state index in [1.807, 2.05) is 0 Å². The minimum atomic E-state index is 0.800. The molecular weight excluding hydrogens is 146 g/mol. The average molecular weight is 167 g/mol. The van der Waals surface area contributed by atoms with E-state index in [9.17, 15) is 0 Å². The lowest BCUT2D eigenvalue weighted by Gasteiger charge is -2.35. The van der Waals surface area contributed by atoms with Gasteiger partial charge in [0.05, 0.1) is 0 Å². The molecule has 1 atom stereocenters. The number of hydrogen-bond acceptors (Lipinski definition) is 1. The molecule has 1 nitrogen and oxygen atoms in total. The van der Waals surface area contributed by atoms with Crippen LogP contribution in [-0.2, 0) is 0 Å². The first-order valence-electron chi connectivity index (χ1n) is 4.92. The predicted octanol–water partition coefficient (Wildman–Crippen LogP) is 2.89. The van der Waals surface area contributed by atoms with Crippen molar-refractivity contribution in [2.75, 3.05) is 13.6 Å². The molecule has 70 valence electrons. The van der Waals surface area contributed by atoms with Gasteiger partial charge < -0.3 is 4.90 Å². The summed E-state index contributed by atoms with van der Waals surface area (Å²) < 4.78 is 0. The number of allylic oxidation sites excluding steroid dienone is 2. The summed E-state index contributed by atoms with van der Waals surface area (Å²) in [5, 5.41) is 0. The lowest BCUT2D eigenvalue weighted by molar-refractivity contribution is 0.290. The Morgan fingerprint density at radius 3 is 2.42 bits per heavy atom. The highest BCUT2D eigenvalue weighted by Gasteiger charge is 2.22. The third-order valence-electron chi connectivity index (χ3n) is 3.28. The standard InChI is InChI=1S/C11H21N/c1-8(2)11-6-7-12(5)10(4)9(11)3/h8,11H,6-7H2,1-5H3. The van der Waals surface area contributed by atoms with E-state index in [0.717, 1.165) is 11.8 Å². The predicted molar refractivity (Wildman–Crippen MR) is 53.9 cm³/mol. The smallest absolute Gasteiger partial charge is 0.0177 e. The highest BCUT2D eigenvalue weighted by molar-refractivity contribution is 5.15. The van der Waals surface area contributed by atoms with Gasteiger partial charge in [0.25, 0.3) is 0 Å². The van der Waals surface area contributed by atoms with E-state index < -0.39 is 0 Å². The molecule has 0 aromatic heterocycles. The van der Waals surface area contributed by atoms with Gasteiger partial charge >= 0.3 is 0 Å². The van der Waals surface area contributed by atoms with Crippen LogP contribution < -0.4 is 0 Å². The molecule has 0 spiro atoms. The molecule has 0 saturated heterocycles. The van der Waals surface area contributed by atoms with Crippen LogP contribution in [0.5, 0.6) is 0 Å². The molecule has 1 heteroatoms. The SMILES string of the molecule is CC1=C(C)N(C)CCC1C(C)C. The summed E-state index contributed by atoms with van der Waals surface area (Å²) in [5.41, 5.74) is 3.08. The third kappa shape index (κ3) is 1.65. The van der Waals surface area contributed by atoms with Crippen molar-refractivity contribution >= 4 is 0 Å². The second-order valence-corrected chi connectivity index (χ2v) is 4.33. The van der Waals surface area contributed by atoms with E-state index in [0.29, 0.717) is 0 Å². The second-order valence-electron chi connectivity index (χ2n) is 4.33. The molecule has 0 fully saturated rings. The molecular formula is C11H21N. The lowest BCUT2D eigenvalue weighted by atomic mass is 9.83. The van der Waals surface area contributed by atoms with E-state index in [1.165, 1.54) is 18.7 Å². The van der Waals surface area contributed by atoms with Gasteiger partial charge in [0.15, 0.2) is 0 Å². The van der Waals surface area contributed by atoms with Gasteiger partial charge in [0.1, 0.15) is 0 Å². The summed E-state index contributed by atoms with van der Waals surface area (Å²) in [6.07, 6.45) is 1.33. The molecule has 12 heavy (non-hydrogen) atoms. The van der Waals surface area contributed by atoms with Gasteiger partial charge in [-0.25, -0.2) is 0 Å². The summed E-state index contributed by atoms with van der Waals surface area (Å²) in [7, 11) is 2.19. The van der Waals surface area contributed by atoms with Crippen molar-refractivity contribution in [2.24, 2.45) is 11.8 Å². The lowest BCUT2D eigenvalue weighted by Crippen LogP contribution is -2.29. The number of hydrogen-bond donors (Lipinski definition) is 0. The molecule has 0 radical (unpaired) electrons. The summed E-state index contributed by atoms with van der Waals surface area (Å²) >= 11 is 0. The Bertz CT molecular complexity index is 191. The molecule has 1 aliphatic heterocycles. The van der Waals surface area contributed by atoms with Gasteiger partial charge in [-0.3, -0.25) is 0 Å². The Kier molecular flexibility index (Phi) is 2.81. The highest BCUT2D eigenvalue weighted by Crippen LogP contribution is 2.31. The Balaban J connectivity index is 2.83. The molecule has 0 aliphatic carbocycles. The minimum Gasteiger partial charge on any atom is -0.378 e. The Labute approximate surface area is 76.5 Å². The Hall–Kier alpha value is -0.460. The zero-order valence-corrected chi connectivity index (χ0v) is 9.02. The van der Waals surface area contributed by atoms with Crippen LogP contribution in [0.2, 0.25) is 0 Å². The van der Waals surface area contributed by atoms with E-state index >= 15 is 0 Å². The van der Waals surface area contributed by atoms with Crippen molar-refractivity contribution in [3.05, 3.63) is 11.3 Å². The maximum atomic E-state index is 2.37. The number of nitrogens with zero attached hydrogens (tertiary/aromatic N) is 1. The molecule has 1 unspecified atom stereocenters. The molecule has 0 aromatic rings. The van der Waals surface area contributed by atoms with Crippen LogP contribution in [0.4, 0.5) is 0 Å². The molecule has 0 saturated carbocycles. The van der Waals surface area contributed by atoms with Crippen LogP contribution in [-0.4, -0.2) is 18.5 Å². The van der Waals surface area contributed by atoms with E-state index in [-0.39, 0.29) is 0 Å². The average Bonchev–Trinajstić information content (AvgIpc) is 2.00. The first-order chi connectivity index (χ1) is 5.54. The van der Waals surface area contributed by atoms with Crippen molar-refractivity contribution in [2.45, 2.75) is 34.1 Å². The van der Waals surface area contributed by atoms with Crippen LogP contribution in [0, 0.1) is 11.8 Å². The van der Waals surface area contributed by atoms with Gasteiger partial charge in [0.2, 0.25) is 0 Å². The minimum absolute atomic E-state index is 0.800. The molecule has 1 heterocycles. The molecule has 0 bridgehead atoms. The van der Waals surface area contributed by atoms with Crippen molar-refractivity contribution in [3.63, 3.8) is 0 Å². The first kappa shape index (κ1) is 9.63. The van der Waals surface area contributed by atoms with Crippen LogP contribution >= 0.6 is 0 Å². The van der Waals surface area contributed by atoms with Crippen molar-refractivity contribution in [3.8, 4) is 0 Å². The van der Waals surface area contributed by atoms with Crippen LogP contribution in [0.1, 0.15) is 34.1 Å². The topological polar surface area (TPSA) is 3.24 Å². The maximum Gasteiger partial charge on any atom is 0.0177 e. The summed E-state index contributed by atoms with van der Waals surface area (Å²) in [4.78, 5) is 2.37. The van der Waals surface area contributed by atoms with Crippen molar-refractivity contribution in [1.29, 1.82) is 0 Å². The first-order valence-corrected chi connectivity index (χ1v) is 4.92. The number of rotatable bonds is 1. The zero-order chi connectivity index (χ0) is 9.30. The van der Waals surface area contributed by atoms with Gasteiger partial charge in [-0.15, -0.1) is 0 Å². The molecule has 0 N–H and O–H groups in total. The van der Waals surface area contributed by atoms with E-state index in [2.05, 4.69) is 39.6 Å². The van der Waals surface area contributed by atoms with Crippen molar-refractivity contribution < 1.29 is 0 Å². The monoisotopic (exact) mass is 167 g/mol. The van der Waals surface area contributed by atoms with Gasteiger partial charge in [-0.05, 0) is 32.1 Å².